The minimum Gasteiger partial charge on any atom is -0.493 e. The van der Waals surface area contributed by atoms with E-state index in [2.05, 4.69) is 15.8 Å². The quantitative estimate of drug-likeness (QED) is 0.523. The van der Waals surface area contributed by atoms with Gasteiger partial charge in [0, 0.05) is 17.0 Å². The van der Waals surface area contributed by atoms with Crippen LogP contribution in [0.15, 0.2) is 47.6 Å². The molecular formula is C20H20F3N3O4. The summed E-state index contributed by atoms with van der Waals surface area (Å²) in [6.45, 7) is 1.50. The summed E-state index contributed by atoms with van der Waals surface area (Å²) >= 11 is 0. The molecule has 0 fully saturated rings. The Kier molecular flexibility index (Phi) is 7.40. The zero-order chi connectivity index (χ0) is 22.3. The van der Waals surface area contributed by atoms with E-state index in [1.54, 1.807) is 6.07 Å². The number of nitrogens with one attached hydrogen (secondary N) is 2. The van der Waals surface area contributed by atoms with E-state index in [0.717, 1.165) is 12.1 Å². The van der Waals surface area contributed by atoms with Gasteiger partial charge in [-0.1, -0.05) is 6.07 Å². The van der Waals surface area contributed by atoms with Crippen molar-refractivity contribution < 1.29 is 32.2 Å². The van der Waals surface area contributed by atoms with Gasteiger partial charge in [-0.2, -0.15) is 18.3 Å². The van der Waals surface area contributed by atoms with Crippen LogP contribution in [0.5, 0.6) is 11.5 Å². The number of carbonyl (C=O) groups is 2. The molecule has 7 nitrogen and oxygen atoms in total. The fourth-order valence-corrected chi connectivity index (χ4v) is 2.44. The predicted molar refractivity (Wildman–Crippen MR) is 105 cm³/mol. The second-order valence-electron chi connectivity index (χ2n) is 6.16. The molecule has 0 aliphatic heterocycles. The number of anilines is 1. The molecule has 2 aromatic carbocycles. The monoisotopic (exact) mass is 423 g/mol. The van der Waals surface area contributed by atoms with E-state index < -0.39 is 23.6 Å². The van der Waals surface area contributed by atoms with Crippen LogP contribution in [0.1, 0.15) is 29.3 Å². The Morgan fingerprint density at radius 1 is 1.03 bits per heavy atom. The van der Waals surface area contributed by atoms with E-state index in [9.17, 15) is 22.8 Å². The lowest BCUT2D eigenvalue weighted by Gasteiger charge is -2.10. The van der Waals surface area contributed by atoms with E-state index in [0.29, 0.717) is 11.5 Å². The Bertz CT molecular complexity index is 959. The second kappa shape index (κ2) is 9.77. The number of benzene rings is 2. The molecular weight excluding hydrogens is 403 g/mol. The van der Waals surface area contributed by atoms with Crippen molar-refractivity contribution in [2.45, 2.75) is 19.5 Å². The molecule has 0 bridgehead atoms. The highest BCUT2D eigenvalue weighted by Gasteiger charge is 2.30. The van der Waals surface area contributed by atoms with Gasteiger partial charge in [-0.3, -0.25) is 9.59 Å². The molecule has 2 aromatic rings. The van der Waals surface area contributed by atoms with Gasteiger partial charge in [0.25, 0.3) is 5.91 Å². The number of hydrogen-bond donors (Lipinski definition) is 2. The van der Waals surface area contributed by atoms with Crippen molar-refractivity contribution in [1.29, 1.82) is 0 Å². The molecule has 0 heterocycles. The molecule has 0 saturated carbocycles. The second-order valence-corrected chi connectivity index (χ2v) is 6.16. The van der Waals surface area contributed by atoms with Crippen molar-refractivity contribution in [3.63, 3.8) is 0 Å². The van der Waals surface area contributed by atoms with Crippen LogP contribution in [0.25, 0.3) is 0 Å². The fraction of sp³-hybridized carbons (Fsp3) is 0.250. The number of amides is 2. The van der Waals surface area contributed by atoms with Crippen LogP contribution in [-0.2, 0) is 11.0 Å². The molecule has 0 atom stereocenters. The van der Waals surface area contributed by atoms with Gasteiger partial charge >= 0.3 is 6.18 Å². The third kappa shape index (κ3) is 6.23. The van der Waals surface area contributed by atoms with Crippen molar-refractivity contribution in [2.24, 2.45) is 5.10 Å². The molecule has 0 saturated heterocycles. The Morgan fingerprint density at radius 3 is 2.37 bits per heavy atom. The maximum absolute atomic E-state index is 12.7. The normalized spacial score (nSPS) is 11.6. The number of hydrogen-bond acceptors (Lipinski definition) is 5. The minimum absolute atomic E-state index is 0.0111. The first-order chi connectivity index (χ1) is 14.1. The first-order valence-corrected chi connectivity index (χ1v) is 8.66. The molecule has 0 aliphatic rings. The SMILES string of the molecule is COc1ccc(C(=O)N/N=C(/C)CC(=O)Nc2cccc(C(F)(F)F)c2)cc1OC. The zero-order valence-electron chi connectivity index (χ0n) is 16.5. The largest absolute Gasteiger partial charge is 0.493 e. The first kappa shape index (κ1) is 22.7. The number of alkyl halides is 3. The first-order valence-electron chi connectivity index (χ1n) is 8.66. The third-order valence-corrected chi connectivity index (χ3v) is 3.88. The van der Waals surface area contributed by atoms with Gasteiger partial charge in [0.05, 0.1) is 26.2 Å². The summed E-state index contributed by atoms with van der Waals surface area (Å²) in [5.41, 5.74) is 1.97. The Balaban J connectivity index is 1.96. The highest BCUT2D eigenvalue weighted by molar-refractivity contribution is 6.06. The van der Waals surface area contributed by atoms with E-state index >= 15 is 0 Å². The van der Waals surface area contributed by atoms with Gasteiger partial charge in [0.15, 0.2) is 11.5 Å². The van der Waals surface area contributed by atoms with E-state index in [1.165, 1.54) is 45.4 Å². The topological polar surface area (TPSA) is 89.0 Å². The molecule has 0 spiro atoms. The van der Waals surface area contributed by atoms with Gasteiger partial charge in [-0.15, -0.1) is 0 Å². The number of carbonyl (C=O) groups excluding carboxylic acids is 2. The van der Waals surface area contributed by atoms with Crippen molar-refractivity contribution in [2.75, 3.05) is 19.5 Å². The van der Waals surface area contributed by atoms with Gasteiger partial charge in [0.2, 0.25) is 5.91 Å². The third-order valence-electron chi connectivity index (χ3n) is 3.88. The van der Waals surface area contributed by atoms with Crippen molar-refractivity contribution >= 4 is 23.2 Å². The van der Waals surface area contributed by atoms with Crippen LogP contribution in [-0.4, -0.2) is 31.7 Å². The lowest BCUT2D eigenvalue weighted by atomic mass is 10.2. The smallest absolute Gasteiger partial charge is 0.416 e. The highest BCUT2D eigenvalue weighted by Crippen LogP contribution is 2.30. The van der Waals surface area contributed by atoms with Crippen LogP contribution >= 0.6 is 0 Å². The summed E-state index contributed by atoms with van der Waals surface area (Å²) in [6, 6.07) is 8.84. The number of nitrogens with zero attached hydrogens (tertiary/aromatic N) is 1. The summed E-state index contributed by atoms with van der Waals surface area (Å²) in [5, 5.41) is 6.21. The number of rotatable bonds is 7. The van der Waals surface area contributed by atoms with Gasteiger partial charge in [-0.05, 0) is 43.3 Å². The van der Waals surface area contributed by atoms with Crippen molar-refractivity contribution in [3.8, 4) is 11.5 Å². The molecule has 30 heavy (non-hydrogen) atoms. The lowest BCUT2D eigenvalue weighted by molar-refractivity contribution is -0.137. The van der Waals surface area contributed by atoms with Crippen LogP contribution in [0, 0.1) is 0 Å². The molecule has 0 aliphatic carbocycles. The number of methoxy groups -OCH3 is 2. The van der Waals surface area contributed by atoms with E-state index in [4.69, 9.17) is 9.47 Å². The van der Waals surface area contributed by atoms with Crippen LogP contribution in [0.2, 0.25) is 0 Å². The van der Waals surface area contributed by atoms with E-state index in [1.807, 2.05) is 0 Å². The van der Waals surface area contributed by atoms with Gasteiger partial charge < -0.3 is 14.8 Å². The molecule has 160 valence electrons. The molecule has 2 rings (SSSR count). The molecule has 0 aromatic heterocycles. The Labute approximate surface area is 170 Å². The average Bonchev–Trinajstić information content (AvgIpc) is 2.70. The van der Waals surface area contributed by atoms with Crippen LogP contribution < -0.4 is 20.2 Å². The fourth-order valence-electron chi connectivity index (χ4n) is 2.44. The Morgan fingerprint density at radius 2 is 1.73 bits per heavy atom. The van der Waals surface area contributed by atoms with Gasteiger partial charge in [0.1, 0.15) is 0 Å². The molecule has 2 amide bonds. The average molecular weight is 423 g/mol. The molecule has 0 radical (unpaired) electrons. The highest BCUT2D eigenvalue weighted by atomic mass is 19.4. The number of halogens is 3. The van der Waals surface area contributed by atoms with Crippen molar-refractivity contribution in [3.05, 3.63) is 53.6 Å². The summed E-state index contributed by atoms with van der Waals surface area (Å²) in [6.07, 6.45) is -4.73. The maximum Gasteiger partial charge on any atom is 0.416 e. The maximum atomic E-state index is 12.7. The summed E-state index contributed by atoms with van der Waals surface area (Å²) in [5.74, 6) is -0.282. The summed E-state index contributed by atoms with van der Waals surface area (Å²) < 4.78 is 48.4. The summed E-state index contributed by atoms with van der Waals surface area (Å²) in [4.78, 5) is 24.2. The van der Waals surface area contributed by atoms with E-state index in [-0.39, 0.29) is 23.4 Å². The molecule has 10 heteroatoms. The number of hydrazone groups is 1. The van der Waals surface area contributed by atoms with Crippen LogP contribution in [0.3, 0.4) is 0 Å². The summed E-state index contributed by atoms with van der Waals surface area (Å²) in [7, 11) is 2.90. The lowest BCUT2D eigenvalue weighted by Crippen LogP contribution is -2.21. The standard InChI is InChI=1S/C20H20F3N3O4/c1-12(9-18(27)24-15-6-4-5-14(11-15)20(21,22)23)25-26-19(28)13-7-8-16(29-2)17(10-13)30-3/h4-8,10-11H,9H2,1-3H3,(H,24,27)(H,26,28)/b25-12-. The zero-order valence-corrected chi connectivity index (χ0v) is 16.5. The predicted octanol–water partition coefficient (Wildman–Crippen LogP) is 3.86. The number of ether oxygens (including phenoxy) is 2. The van der Waals surface area contributed by atoms with Crippen LogP contribution in [0.4, 0.5) is 18.9 Å². The van der Waals surface area contributed by atoms with Crippen molar-refractivity contribution in [1.82, 2.24) is 5.43 Å². The van der Waals surface area contributed by atoms with Gasteiger partial charge in [-0.25, -0.2) is 5.43 Å². The molecule has 0 unspecified atom stereocenters. The minimum atomic E-state index is -4.51. The molecule has 2 N–H and O–H groups in total. The Hall–Kier alpha value is -3.56.